The zero-order valence-electron chi connectivity index (χ0n) is 13.5. The summed E-state index contributed by atoms with van der Waals surface area (Å²) in [6.45, 7) is 2.13. The minimum absolute atomic E-state index is 0.351. The predicted octanol–water partition coefficient (Wildman–Crippen LogP) is 3.58. The molecule has 0 aromatic carbocycles. The van der Waals surface area contributed by atoms with E-state index in [1.54, 1.807) is 11.3 Å². The normalized spacial score (nSPS) is 26.7. The van der Waals surface area contributed by atoms with Gasteiger partial charge in [-0.15, -0.1) is 11.3 Å². The molecule has 2 aromatic rings. The molecule has 2 aliphatic rings. The molecule has 1 amide bonds. The van der Waals surface area contributed by atoms with E-state index < -0.39 is 0 Å². The first-order valence-electron chi connectivity index (χ1n) is 8.55. The molecule has 2 bridgehead atoms. The van der Waals surface area contributed by atoms with Gasteiger partial charge in [-0.2, -0.15) is 5.10 Å². The van der Waals surface area contributed by atoms with Crippen LogP contribution in [0.5, 0.6) is 0 Å². The number of aromatic nitrogens is 2. The molecule has 23 heavy (non-hydrogen) atoms. The van der Waals surface area contributed by atoms with Crippen LogP contribution in [0.3, 0.4) is 0 Å². The Bertz CT molecular complexity index is 664. The summed E-state index contributed by atoms with van der Waals surface area (Å²) in [5.74, 6) is 0.351. The molecule has 0 N–H and O–H groups in total. The zero-order chi connectivity index (χ0) is 15.8. The highest BCUT2D eigenvalue weighted by Crippen LogP contribution is 2.41. The summed E-state index contributed by atoms with van der Waals surface area (Å²) in [6, 6.07) is 5.43. The van der Waals surface area contributed by atoms with Crippen LogP contribution in [0, 0.1) is 6.92 Å². The Morgan fingerprint density at radius 1 is 1.30 bits per heavy atom. The van der Waals surface area contributed by atoms with Gasteiger partial charge in [0, 0.05) is 35.8 Å². The second-order valence-electron chi connectivity index (χ2n) is 6.82. The molecule has 2 aliphatic heterocycles. The van der Waals surface area contributed by atoms with E-state index in [2.05, 4.69) is 39.2 Å². The van der Waals surface area contributed by atoms with Crippen LogP contribution in [0.2, 0.25) is 0 Å². The molecule has 122 valence electrons. The number of thiophene rings is 1. The molecule has 4 nitrogen and oxygen atoms in total. The molecule has 2 fully saturated rings. The molecule has 0 saturated carbocycles. The van der Waals surface area contributed by atoms with Crippen LogP contribution in [-0.2, 0) is 11.2 Å². The van der Waals surface area contributed by atoms with Gasteiger partial charge in [-0.1, -0.05) is 0 Å². The maximum Gasteiger partial charge on any atom is 0.223 e. The summed E-state index contributed by atoms with van der Waals surface area (Å²) in [5, 5.41) is 6.52. The van der Waals surface area contributed by atoms with Crippen LogP contribution in [0.4, 0.5) is 0 Å². The Hall–Kier alpha value is -1.62. The Kier molecular flexibility index (Phi) is 3.97. The number of aryl methyl sites for hydroxylation is 2. The van der Waals surface area contributed by atoms with Crippen LogP contribution in [0.25, 0.3) is 0 Å². The molecule has 5 heteroatoms. The SMILES string of the molecule is Cc1ccsc1CCC(=O)N1C2CCC1CC(n1cccn1)C2. The molecule has 2 saturated heterocycles. The molecule has 4 rings (SSSR count). The van der Waals surface area contributed by atoms with E-state index in [1.807, 2.05) is 12.3 Å². The first-order chi connectivity index (χ1) is 11.2. The van der Waals surface area contributed by atoms with E-state index in [0.29, 0.717) is 30.5 Å². The summed E-state index contributed by atoms with van der Waals surface area (Å²) < 4.78 is 2.09. The fourth-order valence-electron chi connectivity index (χ4n) is 4.28. The number of rotatable bonds is 4. The van der Waals surface area contributed by atoms with Crippen molar-refractivity contribution in [3.8, 4) is 0 Å². The lowest BCUT2D eigenvalue weighted by molar-refractivity contribution is -0.136. The molecule has 0 radical (unpaired) electrons. The van der Waals surface area contributed by atoms with Gasteiger partial charge in [-0.05, 0) is 62.1 Å². The van der Waals surface area contributed by atoms with Crippen molar-refractivity contribution in [2.75, 3.05) is 0 Å². The van der Waals surface area contributed by atoms with E-state index in [0.717, 1.165) is 32.1 Å². The number of fused-ring (bicyclic) bond motifs is 2. The van der Waals surface area contributed by atoms with Crippen molar-refractivity contribution in [2.45, 2.75) is 63.6 Å². The number of amides is 1. The lowest BCUT2D eigenvalue weighted by Crippen LogP contribution is -2.47. The van der Waals surface area contributed by atoms with Gasteiger partial charge in [-0.3, -0.25) is 9.48 Å². The fraction of sp³-hybridized carbons (Fsp3) is 0.556. The number of piperidine rings is 1. The molecule has 2 aromatic heterocycles. The topological polar surface area (TPSA) is 38.1 Å². The highest BCUT2D eigenvalue weighted by molar-refractivity contribution is 7.10. The van der Waals surface area contributed by atoms with E-state index in [-0.39, 0.29) is 0 Å². The first kappa shape index (κ1) is 14.9. The van der Waals surface area contributed by atoms with E-state index >= 15 is 0 Å². The number of hydrogen-bond acceptors (Lipinski definition) is 3. The van der Waals surface area contributed by atoms with Crippen molar-refractivity contribution in [3.05, 3.63) is 40.3 Å². The third-order valence-electron chi connectivity index (χ3n) is 5.43. The first-order valence-corrected chi connectivity index (χ1v) is 9.43. The third-order valence-corrected chi connectivity index (χ3v) is 6.51. The van der Waals surface area contributed by atoms with Gasteiger partial charge in [0.1, 0.15) is 0 Å². The van der Waals surface area contributed by atoms with Gasteiger partial charge < -0.3 is 4.90 Å². The van der Waals surface area contributed by atoms with Gasteiger partial charge in [0.15, 0.2) is 0 Å². The van der Waals surface area contributed by atoms with Crippen LogP contribution in [0.1, 0.15) is 48.6 Å². The number of hydrogen-bond donors (Lipinski definition) is 0. The molecule has 2 atom stereocenters. The van der Waals surface area contributed by atoms with Crippen molar-refractivity contribution in [2.24, 2.45) is 0 Å². The number of carbonyl (C=O) groups excluding carboxylic acids is 1. The van der Waals surface area contributed by atoms with Crippen LogP contribution in [0.15, 0.2) is 29.9 Å². The average molecular weight is 329 g/mol. The summed E-state index contributed by atoms with van der Waals surface area (Å²) in [4.78, 5) is 16.3. The summed E-state index contributed by atoms with van der Waals surface area (Å²) >= 11 is 1.77. The maximum atomic E-state index is 12.8. The quantitative estimate of drug-likeness (QED) is 0.860. The average Bonchev–Trinajstić information content (AvgIpc) is 3.26. The lowest BCUT2D eigenvalue weighted by atomic mass is 9.96. The van der Waals surface area contributed by atoms with E-state index in [4.69, 9.17) is 0 Å². The summed E-state index contributed by atoms with van der Waals surface area (Å²) in [5.41, 5.74) is 1.32. The van der Waals surface area contributed by atoms with Crippen molar-refractivity contribution >= 4 is 17.2 Å². The molecule has 0 spiro atoms. The number of nitrogens with zero attached hydrogens (tertiary/aromatic N) is 3. The molecule has 4 heterocycles. The lowest BCUT2D eigenvalue weighted by Gasteiger charge is -2.39. The molecule has 0 aliphatic carbocycles. The Labute approximate surface area is 141 Å². The standard InChI is InChI=1S/C18H23N3OS/c1-13-7-10-23-17(13)5-6-18(22)21-14-3-4-15(21)12-16(11-14)20-9-2-8-19-20/h2,7-10,14-16H,3-6,11-12H2,1H3. The van der Waals surface area contributed by atoms with Crippen molar-refractivity contribution in [3.63, 3.8) is 0 Å². The van der Waals surface area contributed by atoms with E-state index in [1.165, 1.54) is 10.4 Å². The Morgan fingerprint density at radius 3 is 2.70 bits per heavy atom. The largest absolute Gasteiger partial charge is 0.337 e. The smallest absolute Gasteiger partial charge is 0.223 e. The third kappa shape index (κ3) is 2.82. The second kappa shape index (κ2) is 6.11. The predicted molar refractivity (Wildman–Crippen MR) is 91.5 cm³/mol. The van der Waals surface area contributed by atoms with Crippen molar-refractivity contribution in [1.82, 2.24) is 14.7 Å². The van der Waals surface area contributed by atoms with E-state index in [9.17, 15) is 4.79 Å². The minimum atomic E-state index is 0.351. The highest BCUT2D eigenvalue weighted by atomic mass is 32.1. The fourth-order valence-corrected chi connectivity index (χ4v) is 5.19. The highest BCUT2D eigenvalue weighted by Gasteiger charge is 2.43. The monoisotopic (exact) mass is 329 g/mol. The van der Waals surface area contributed by atoms with Gasteiger partial charge in [-0.25, -0.2) is 0 Å². The van der Waals surface area contributed by atoms with Crippen molar-refractivity contribution < 1.29 is 4.79 Å². The van der Waals surface area contributed by atoms with Gasteiger partial charge in [0.2, 0.25) is 5.91 Å². The zero-order valence-corrected chi connectivity index (χ0v) is 14.3. The molecule has 2 unspecified atom stereocenters. The van der Waals surface area contributed by atoms with Gasteiger partial charge >= 0.3 is 0 Å². The number of carbonyl (C=O) groups is 1. The van der Waals surface area contributed by atoms with Crippen LogP contribution in [-0.4, -0.2) is 32.7 Å². The Balaban J connectivity index is 1.40. The van der Waals surface area contributed by atoms with Gasteiger partial charge in [0.25, 0.3) is 0 Å². The summed E-state index contributed by atoms with van der Waals surface area (Å²) in [7, 11) is 0. The van der Waals surface area contributed by atoms with Gasteiger partial charge in [0.05, 0.1) is 6.04 Å². The second-order valence-corrected chi connectivity index (χ2v) is 7.82. The maximum absolute atomic E-state index is 12.8. The summed E-state index contributed by atoms with van der Waals surface area (Å²) in [6.07, 6.45) is 9.88. The Morgan fingerprint density at radius 2 is 2.09 bits per heavy atom. The van der Waals surface area contributed by atoms with Crippen LogP contribution < -0.4 is 0 Å². The van der Waals surface area contributed by atoms with Crippen LogP contribution >= 0.6 is 11.3 Å². The van der Waals surface area contributed by atoms with Crippen molar-refractivity contribution in [1.29, 1.82) is 0 Å². The molecular weight excluding hydrogens is 306 g/mol. The molecular formula is C18H23N3OS. The minimum Gasteiger partial charge on any atom is -0.337 e.